The quantitative estimate of drug-likeness (QED) is 0.571. The molecule has 0 bridgehead atoms. The minimum absolute atomic E-state index is 0.106. The zero-order valence-corrected chi connectivity index (χ0v) is 12.3. The summed E-state index contributed by atoms with van der Waals surface area (Å²) >= 11 is 0. The lowest BCUT2D eigenvalue weighted by atomic mass is 9.83. The minimum atomic E-state index is 0.106. The van der Waals surface area contributed by atoms with Crippen LogP contribution in [0.5, 0.6) is 0 Å². The smallest absolute Gasteiger partial charge is 0.188 e. The van der Waals surface area contributed by atoms with Gasteiger partial charge in [0.05, 0.1) is 0 Å². The third kappa shape index (κ3) is 3.66. The maximum Gasteiger partial charge on any atom is 0.188 e. The second-order valence-electron chi connectivity index (χ2n) is 5.81. The third-order valence-corrected chi connectivity index (χ3v) is 4.27. The number of hydrogen-bond donors (Lipinski definition) is 0. The van der Waals surface area contributed by atoms with Gasteiger partial charge in [-0.2, -0.15) is 0 Å². The van der Waals surface area contributed by atoms with Crippen LogP contribution in [0, 0.1) is 26.7 Å². The first-order valence-electron chi connectivity index (χ1n) is 7.26. The number of benzene rings is 1. The normalized spacial score (nSPS) is 15.3. The van der Waals surface area contributed by atoms with Gasteiger partial charge in [0.2, 0.25) is 0 Å². The van der Waals surface area contributed by atoms with Gasteiger partial charge in [0.25, 0.3) is 0 Å². The topological polar surface area (TPSA) is 26.3 Å². The van der Waals surface area contributed by atoms with Crippen LogP contribution in [-0.4, -0.2) is 19.0 Å². The Labute approximate surface area is 116 Å². The van der Waals surface area contributed by atoms with Gasteiger partial charge in [-0.3, -0.25) is 4.79 Å². The molecule has 0 aliphatic heterocycles. The fourth-order valence-electron chi connectivity index (χ4n) is 2.54. The number of hydrogen-bond acceptors (Lipinski definition) is 2. The van der Waals surface area contributed by atoms with Gasteiger partial charge >= 0.3 is 0 Å². The van der Waals surface area contributed by atoms with Crippen LogP contribution < -0.4 is 0 Å². The van der Waals surface area contributed by atoms with Crippen LogP contribution in [0.1, 0.15) is 52.7 Å². The van der Waals surface area contributed by atoms with Crippen molar-refractivity contribution in [2.45, 2.75) is 46.5 Å². The molecule has 19 heavy (non-hydrogen) atoms. The fraction of sp³-hybridized carbons (Fsp3) is 0.588. The van der Waals surface area contributed by atoms with E-state index in [4.69, 9.17) is 4.74 Å². The van der Waals surface area contributed by atoms with Crippen molar-refractivity contribution in [2.24, 2.45) is 5.92 Å². The summed E-state index contributed by atoms with van der Waals surface area (Å²) in [5.41, 5.74) is 4.27. The first-order chi connectivity index (χ1) is 9.08. The van der Waals surface area contributed by atoms with Gasteiger partial charge < -0.3 is 4.74 Å². The first kappa shape index (κ1) is 14.3. The zero-order valence-electron chi connectivity index (χ0n) is 12.3. The number of ether oxygens (including phenoxy) is 1. The Bertz CT molecular complexity index is 459. The van der Waals surface area contributed by atoms with Crippen molar-refractivity contribution in [1.29, 1.82) is 0 Å². The van der Waals surface area contributed by atoms with Gasteiger partial charge in [-0.1, -0.05) is 25.3 Å². The molecule has 1 aliphatic carbocycles. The van der Waals surface area contributed by atoms with E-state index < -0.39 is 0 Å². The molecule has 2 nitrogen and oxygen atoms in total. The van der Waals surface area contributed by atoms with E-state index in [1.165, 1.54) is 30.4 Å². The van der Waals surface area contributed by atoms with Gasteiger partial charge in [0.1, 0.15) is 6.61 Å². The highest BCUT2D eigenvalue weighted by Gasteiger charge is 2.17. The van der Waals surface area contributed by atoms with E-state index in [1.807, 2.05) is 19.9 Å². The van der Waals surface area contributed by atoms with Crippen molar-refractivity contribution in [2.75, 3.05) is 13.2 Å². The highest BCUT2D eigenvalue weighted by Crippen LogP contribution is 2.29. The molecule has 2 heteroatoms. The lowest BCUT2D eigenvalue weighted by Gasteiger charge is -2.24. The van der Waals surface area contributed by atoms with Crippen molar-refractivity contribution >= 4 is 5.78 Å². The Balaban J connectivity index is 1.83. The number of carbonyl (C=O) groups is 1. The number of carbonyl (C=O) groups excluding carboxylic acids is 1. The van der Waals surface area contributed by atoms with Crippen LogP contribution in [0.3, 0.4) is 0 Å². The molecule has 0 atom stereocenters. The van der Waals surface area contributed by atoms with E-state index >= 15 is 0 Å². The molecule has 1 aromatic carbocycles. The lowest BCUT2D eigenvalue weighted by Crippen LogP contribution is -2.16. The molecule has 1 aromatic rings. The average Bonchev–Trinajstić information content (AvgIpc) is 2.31. The molecule has 0 radical (unpaired) electrons. The molecule has 0 heterocycles. The molecule has 0 aromatic heterocycles. The van der Waals surface area contributed by atoms with E-state index in [0.717, 1.165) is 30.1 Å². The minimum Gasteiger partial charge on any atom is -0.373 e. The Morgan fingerprint density at radius 2 is 1.84 bits per heavy atom. The summed E-state index contributed by atoms with van der Waals surface area (Å²) in [5.74, 6) is 0.952. The van der Waals surface area contributed by atoms with Crippen molar-refractivity contribution < 1.29 is 9.53 Å². The van der Waals surface area contributed by atoms with Crippen molar-refractivity contribution in [3.05, 3.63) is 34.4 Å². The SMILES string of the molecule is Cc1cc(C)c(C(=O)COCCC2CCC2)cc1C. The lowest BCUT2D eigenvalue weighted by molar-refractivity contribution is 0.0704. The number of rotatable bonds is 6. The van der Waals surface area contributed by atoms with E-state index in [1.54, 1.807) is 0 Å². The first-order valence-corrected chi connectivity index (χ1v) is 7.26. The molecule has 1 saturated carbocycles. The van der Waals surface area contributed by atoms with Gasteiger partial charge in [-0.05, 0) is 55.9 Å². The van der Waals surface area contributed by atoms with Crippen molar-refractivity contribution in [1.82, 2.24) is 0 Å². The number of ketones is 1. The van der Waals surface area contributed by atoms with Gasteiger partial charge in [0.15, 0.2) is 5.78 Å². The largest absolute Gasteiger partial charge is 0.373 e. The average molecular weight is 260 g/mol. The van der Waals surface area contributed by atoms with Crippen LogP contribution in [0.25, 0.3) is 0 Å². The summed E-state index contributed by atoms with van der Waals surface area (Å²) in [5, 5.41) is 0. The van der Waals surface area contributed by atoms with E-state index in [9.17, 15) is 4.79 Å². The van der Waals surface area contributed by atoms with E-state index in [0.29, 0.717) is 0 Å². The fourth-order valence-corrected chi connectivity index (χ4v) is 2.54. The summed E-state index contributed by atoms with van der Waals surface area (Å²) in [6.07, 6.45) is 5.16. The van der Waals surface area contributed by atoms with Crippen LogP contribution in [0.2, 0.25) is 0 Å². The molecule has 1 fully saturated rings. The summed E-state index contributed by atoms with van der Waals surface area (Å²) in [6, 6.07) is 4.07. The second-order valence-corrected chi connectivity index (χ2v) is 5.81. The maximum absolute atomic E-state index is 12.1. The van der Waals surface area contributed by atoms with Crippen LogP contribution in [-0.2, 0) is 4.74 Å². The van der Waals surface area contributed by atoms with Crippen LogP contribution in [0.4, 0.5) is 0 Å². The Morgan fingerprint density at radius 3 is 2.47 bits per heavy atom. The predicted octanol–water partition coefficient (Wildman–Crippen LogP) is 4.00. The molecule has 0 spiro atoms. The van der Waals surface area contributed by atoms with E-state index in [-0.39, 0.29) is 12.4 Å². The molecular formula is C17H24O2. The van der Waals surface area contributed by atoms with Gasteiger partial charge in [0, 0.05) is 12.2 Å². The Morgan fingerprint density at radius 1 is 1.16 bits per heavy atom. The van der Waals surface area contributed by atoms with E-state index in [2.05, 4.69) is 13.0 Å². The molecule has 0 N–H and O–H groups in total. The third-order valence-electron chi connectivity index (χ3n) is 4.27. The zero-order chi connectivity index (χ0) is 13.8. The second kappa shape index (κ2) is 6.33. The Kier molecular flexibility index (Phi) is 4.76. The molecule has 0 unspecified atom stereocenters. The standard InChI is InChI=1S/C17H24O2/c1-12-9-14(3)16(10-13(12)2)17(18)11-19-8-7-15-5-4-6-15/h9-10,15H,4-8,11H2,1-3H3. The predicted molar refractivity (Wildman–Crippen MR) is 77.8 cm³/mol. The molecule has 104 valence electrons. The number of aryl methyl sites for hydroxylation is 3. The van der Waals surface area contributed by atoms with Gasteiger partial charge in [-0.15, -0.1) is 0 Å². The monoisotopic (exact) mass is 260 g/mol. The highest BCUT2D eigenvalue weighted by molar-refractivity contribution is 5.98. The highest BCUT2D eigenvalue weighted by atomic mass is 16.5. The van der Waals surface area contributed by atoms with Gasteiger partial charge in [-0.25, -0.2) is 0 Å². The van der Waals surface area contributed by atoms with Crippen LogP contribution >= 0.6 is 0 Å². The summed E-state index contributed by atoms with van der Waals surface area (Å²) < 4.78 is 5.53. The molecular weight excluding hydrogens is 236 g/mol. The van der Waals surface area contributed by atoms with Crippen molar-refractivity contribution in [3.63, 3.8) is 0 Å². The van der Waals surface area contributed by atoms with Crippen LogP contribution in [0.15, 0.2) is 12.1 Å². The number of Topliss-reactive ketones (excluding diaryl/α,β-unsaturated/α-hetero) is 1. The summed E-state index contributed by atoms with van der Waals surface area (Å²) in [4.78, 5) is 12.1. The Hall–Kier alpha value is -1.15. The maximum atomic E-state index is 12.1. The summed E-state index contributed by atoms with van der Waals surface area (Å²) in [7, 11) is 0. The molecule has 1 aliphatic rings. The molecule has 0 amide bonds. The summed E-state index contributed by atoms with van der Waals surface area (Å²) in [6.45, 7) is 7.05. The molecule has 2 rings (SSSR count). The molecule has 0 saturated heterocycles. The van der Waals surface area contributed by atoms with Crippen molar-refractivity contribution in [3.8, 4) is 0 Å².